The van der Waals surface area contributed by atoms with Crippen molar-refractivity contribution in [3.8, 4) is 0 Å². The van der Waals surface area contributed by atoms with Gasteiger partial charge in [0.25, 0.3) is 0 Å². The summed E-state index contributed by atoms with van der Waals surface area (Å²) in [7, 11) is -3.34. The van der Waals surface area contributed by atoms with Crippen molar-refractivity contribution in [3.05, 3.63) is 29.8 Å². The maximum Gasteiger partial charge on any atom is 0.240 e. The fourth-order valence-electron chi connectivity index (χ4n) is 2.02. The van der Waals surface area contributed by atoms with Gasteiger partial charge in [0.05, 0.1) is 4.90 Å². The average molecular weight is 312 g/mol. The number of unbranched alkanes of at least 4 members (excludes halogenated alkanes) is 1. The topological polar surface area (TPSA) is 58.2 Å². The van der Waals surface area contributed by atoms with Crippen LogP contribution < -0.4 is 10.0 Å². The van der Waals surface area contributed by atoms with Crippen LogP contribution in [0.4, 0.5) is 0 Å². The van der Waals surface area contributed by atoms with Crippen LogP contribution in [0.5, 0.6) is 0 Å². The molecule has 0 atom stereocenters. The number of nitrogens with one attached hydrogen (secondary N) is 2. The van der Waals surface area contributed by atoms with E-state index >= 15 is 0 Å². The molecule has 5 heteroatoms. The molecule has 0 amide bonds. The zero-order valence-corrected chi connectivity index (χ0v) is 14.0. The summed E-state index contributed by atoms with van der Waals surface area (Å²) in [5, 5.41) is 3.36. The fraction of sp³-hybridized carbons (Fsp3) is 0.625. The summed E-state index contributed by atoms with van der Waals surface area (Å²) in [6.07, 6.45) is 5.04. The van der Waals surface area contributed by atoms with Gasteiger partial charge in [-0.05, 0) is 56.5 Å². The highest BCUT2D eigenvalue weighted by atomic mass is 32.2. The number of benzene rings is 1. The second-order valence-corrected chi connectivity index (χ2v) is 7.02. The molecule has 0 saturated heterocycles. The minimum Gasteiger partial charge on any atom is -0.317 e. The first-order valence-corrected chi connectivity index (χ1v) is 9.37. The minimum absolute atomic E-state index is 0.353. The zero-order chi connectivity index (χ0) is 15.6. The zero-order valence-electron chi connectivity index (χ0n) is 13.2. The third-order valence-corrected chi connectivity index (χ3v) is 4.78. The molecule has 21 heavy (non-hydrogen) atoms. The van der Waals surface area contributed by atoms with E-state index in [1.165, 1.54) is 5.56 Å². The lowest BCUT2D eigenvalue weighted by molar-refractivity contribution is 0.578. The van der Waals surface area contributed by atoms with E-state index in [2.05, 4.69) is 17.0 Å². The molecule has 0 aliphatic rings. The van der Waals surface area contributed by atoms with E-state index in [-0.39, 0.29) is 0 Å². The van der Waals surface area contributed by atoms with Gasteiger partial charge in [0.1, 0.15) is 0 Å². The molecule has 0 spiro atoms. The van der Waals surface area contributed by atoms with Gasteiger partial charge in [-0.1, -0.05) is 32.4 Å². The summed E-state index contributed by atoms with van der Waals surface area (Å²) >= 11 is 0. The Labute approximate surface area is 129 Å². The summed E-state index contributed by atoms with van der Waals surface area (Å²) in [4.78, 5) is 0.353. The van der Waals surface area contributed by atoms with E-state index in [1.807, 2.05) is 19.1 Å². The quantitative estimate of drug-likeness (QED) is 0.618. The van der Waals surface area contributed by atoms with E-state index < -0.39 is 10.0 Å². The average Bonchev–Trinajstić information content (AvgIpc) is 2.48. The summed E-state index contributed by atoms with van der Waals surface area (Å²) in [6, 6.07) is 7.22. The lowest BCUT2D eigenvalue weighted by Gasteiger charge is -2.07. The van der Waals surface area contributed by atoms with Gasteiger partial charge in [0, 0.05) is 6.54 Å². The highest BCUT2D eigenvalue weighted by Crippen LogP contribution is 2.11. The monoisotopic (exact) mass is 312 g/mol. The molecule has 0 heterocycles. The molecule has 0 radical (unpaired) electrons. The Morgan fingerprint density at radius 3 is 2.24 bits per heavy atom. The summed E-state index contributed by atoms with van der Waals surface area (Å²) < 4.78 is 26.7. The first-order chi connectivity index (χ1) is 10.1. The second-order valence-electron chi connectivity index (χ2n) is 5.25. The summed E-state index contributed by atoms with van der Waals surface area (Å²) in [5.74, 6) is 0. The Kier molecular flexibility index (Phi) is 8.57. The maximum absolute atomic E-state index is 12.0. The molecule has 0 bridgehead atoms. The Morgan fingerprint density at radius 1 is 0.905 bits per heavy atom. The number of rotatable bonds is 11. The SMILES string of the molecule is CCCCNS(=O)(=O)c1ccc(CCCNCCC)cc1. The second kappa shape index (κ2) is 9.92. The predicted octanol–water partition coefficient (Wildman–Crippen LogP) is 2.70. The van der Waals surface area contributed by atoms with Crippen LogP contribution >= 0.6 is 0 Å². The third kappa shape index (κ3) is 7.07. The molecule has 0 aromatic heterocycles. The lowest BCUT2D eigenvalue weighted by atomic mass is 10.1. The predicted molar refractivity (Wildman–Crippen MR) is 88.0 cm³/mol. The van der Waals surface area contributed by atoms with Crippen molar-refractivity contribution >= 4 is 10.0 Å². The molecular weight excluding hydrogens is 284 g/mol. The molecule has 4 nitrogen and oxygen atoms in total. The van der Waals surface area contributed by atoms with E-state index in [0.29, 0.717) is 11.4 Å². The standard InChI is InChI=1S/C16H28N2O2S/c1-3-5-14-18-21(19,20)16-10-8-15(9-11-16)7-6-13-17-12-4-2/h8-11,17-18H,3-7,12-14H2,1-2H3. The number of hydrogen-bond donors (Lipinski definition) is 2. The van der Waals surface area contributed by atoms with Gasteiger partial charge < -0.3 is 5.32 Å². The Balaban J connectivity index is 2.45. The first kappa shape index (κ1) is 18.1. The van der Waals surface area contributed by atoms with Crippen molar-refractivity contribution in [2.45, 2.75) is 50.8 Å². The number of aryl methyl sites for hydroxylation is 1. The number of hydrogen-bond acceptors (Lipinski definition) is 3. The van der Waals surface area contributed by atoms with Gasteiger partial charge in [-0.15, -0.1) is 0 Å². The third-order valence-electron chi connectivity index (χ3n) is 3.30. The van der Waals surface area contributed by atoms with Gasteiger partial charge in [0.15, 0.2) is 0 Å². The molecule has 0 fully saturated rings. The Bertz CT molecular complexity index is 484. The molecule has 1 aromatic carbocycles. The summed E-state index contributed by atoms with van der Waals surface area (Å²) in [5.41, 5.74) is 1.18. The molecular formula is C16H28N2O2S. The number of sulfonamides is 1. The van der Waals surface area contributed by atoms with Crippen LogP contribution in [0.2, 0.25) is 0 Å². The molecule has 0 aliphatic heterocycles. The fourth-order valence-corrected chi connectivity index (χ4v) is 3.10. The van der Waals surface area contributed by atoms with Crippen LogP contribution in [0.25, 0.3) is 0 Å². The van der Waals surface area contributed by atoms with Crippen LogP contribution in [-0.4, -0.2) is 28.1 Å². The summed E-state index contributed by atoms with van der Waals surface area (Å²) in [6.45, 7) is 6.76. The molecule has 1 rings (SSSR count). The Morgan fingerprint density at radius 2 is 1.62 bits per heavy atom. The molecule has 0 unspecified atom stereocenters. The minimum atomic E-state index is -3.34. The highest BCUT2D eigenvalue weighted by Gasteiger charge is 2.12. The van der Waals surface area contributed by atoms with Crippen LogP contribution in [0.3, 0.4) is 0 Å². The van der Waals surface area contributed by atoms with Gasteiger partial charge >= 0.3 is 0 Å². The normalized spacial score (nSPS) is 11.7. The first-order valence-electron chi connectivity index (χ1n) is 7.89. The van der Waals surface area contributed by atoms with Crippen molar-refractivity contribution in [3.63, 3.8) is 0 Å². The van der Waals surface area contributed by atoms with E-state index in [4.69, 9.17) is 0 Å². The molecule has 2 N–H and O–H groups in total. The lowest BCUT2D eigenvalue weighted by Crippen LogP contribution is -2.24. The van der Waals surface area contributed by atoms with Crippen LogP contribution in [0.1, 0.15) is 45.1 Å². The Hall–Kier alpha value is -0.910. The van der Waals surface area contributed by atoms with Crippen molar-refractivity contribution in [2.24, 2.45) is 0 Å². The molecule has 0 aliphatic carbocycles. The van der Waals surface area contributed by atoms with Crippen LogP contribution in [0, 0.1) is 0 Å². The van der Waals surface area contributed by atoms with Crippen molar-refractivity contribution in [2.75, 3.05) is 19.6 Å². The van der Waals surface area contributed by atoms with Crippen LogP contribution in [0.15, 0.2) is 29.2 Å². The van der Waals surface area contributed by atoms with E-state index in [9.17, 15) is 8.42 Å². The van der Waals surface area contributed by atoms with Crippen LogP contribution in [-0.2, 0) is 16.4 Å². The van der Waals surface area contributed by atoms with Gasteiger partial charge in [-0.3, -0.25) is 0 Å². The molecule has 120 valence electrons. The molecule has 1 aromatic rings. The highest BCUT2D eigenvalue weighted by molar-refractivity contribution is 7.89. The van der Waals surface area contributed by atoms with Gasteiger partial charge in [-0.25, -0.2) is 13.1 Å². The van der Waals surface area contributed by atoms with Crippen molar-refractivity contribution in [1.29, 1.82) is 0 Å². The van der Waals surface area contributed by atoms with Gasteiger partial charge in [-0.2, -0.15) is 0 Å². The van der Waals surface area contributed by atoms with Gasteiger partial charge in [0.2, 0.25) is 10.0 Å². The smallest absolute Gasteiger partial charge is 0.240 e. The molecule has 0 saturated carbocycles. The maximum atomic E-state index is 12.0. The van der Waals surface area contributed by atoms with E-state index in [1.54, 1.807) is 12.1 Å². The van der Waals surface area contributed by atoms with Crippen molar-refractivity contribution in [1.82, 2.24) is 10.0 Å². The van der Waals surface area contributed by atoms with E-state index in [0.717, 1.165) is 45.2 Å². The largest absolute Gasteiger partial charge is 0.317 e. The van der Waals surface area contributed by atoms with Crippen molar-refractivity contribution < 1.29 is 8.42 Å².